The molecule has 1 aromatic heterocycles. The van der Waals surface area contributed by atoms with Crippen molar-refractivity contribution >= 4 is 34.2 Å². The van der Waals surface area contributed by atoms with Crippen LogP contribution in [0.5, 0.6) is 0 Å². The van der Waals surface area contributed by atoms with E-state index in [0.29, 0.717) is 12.2 Å². The fraction of sp³-hybridized carbons (Fsp3) is 0.375. The molecule has 0 atom stereocenters. The van der Waals surface area contributed by atoms with Crippen LogP contribution in [0.25, 0.3) is 0 Å². The fourth-order valence-corrected chi connectivity index (χ4v) is 3.49. The van der Waals surface area contributed by atoms with Crippen LogP contribution < -0.4 is 10.6 Å². The molecule has 7 heteroatoms. The third-order valence-corrected chi connectivity index (χ3v) is 4.99. The Hall–Kier alpha value is -1.37. The number of nitrogens with zero attached hydrogens (tertiary/aromatic N) is 1. The van der Waals surface area contributed by atoms with Crippen molar-refractivity contribution in [2.75, 3.05) is 6.54 Å². The standard InChI is InChI=1S/C16H17BrN4O.ClH/c17-11-3-1-2-10(8-11)16(5-6-16)19-15(22)14-12-9-18-7-4-13(12)20-21-14;/h1-3,8,18H,4-7,9H2,(H,19,22)(H,20,21);1H. The van der Waals surface area contributed by atoms with Crippen LogP contribution >= 0.6 is 28.3 Å². The first kappa shape index (κ1) is 16.5. The molecular weight excluding hydrogens is 380 g/mol. The van der Waals surface area contributed by atoms with Crippen molar-refractivity contribution in [1.82, 2.24) is 20.8 Å². The summed E-state index contributed by atoms with van der Waals surface area (Å²) < 4.78 is 1.03. The van der Waals surface area contributed by atoms with E-state index in [1.54, 1.807) is 0 Å². The molecule has 0 radical (unpaired) electrons. The van der Waals surface area contributed by atoms with Crippen molar-refractivity contribution in [3.05, 3.63) is 51.3 Å². The molecule has 2 aliphatic rings. The summed E-state index contributed by atoms with van der Waals surface area (Å²) in [6.07, 6.45) is 2.84. The first-order valence-electron chi connectivity index (χ1n) is 7.53. The van der Waals surface area contributed by atoms with Gasteiger partial charge in [0.2, 0.25) is 0 Å². The van der Waals surface area contributed by atoms with Crippen LogP contribution in [0.1, 0.15) is 40.2 Å². The molecule has 1 aliphatic carbocycles. The van der Waals surface area contributed by atoms with Gasteiger partial charge in [0.15, 0.2) is 5.69 Å². The van der Waals surface area contributed by atoms with Crippen molar-refractivity contribution < 1.29 is 4.79 Å². The monoisotopic (exact) mass is 396 g/mol. The van der Waals surface area contributed by atoms with E-state index in [1.165, 1.54) is 0 Å². The Kier molecular flexibility index (Phi) is 4.49. The molecule has 0 unspecified atom stereocenters. The van der Waals surface area contributed by atoms with Gasteiger partial charge in [0.25, 0.3) is 5.91 Å². The maximum absolute atomic E-state index is 12.7. The number of carbonyl (C=O) groups excluding carboxylic acids is 1. The van der Waals surface area contributed by atoms with Crippen LogP contribution in [0.2, 0.25) is 0 Å². The molecule has 2 heterocycles. The number of hydrogen-bond acceptors (Lipinski definition) is 3. The second-order valence-corrected chi connectivity index (χ2v) is 6.92. The van der Waals surface area contributed by atoms with Crippen molar-refractivity contribution in [2.24, 2.45) is 0 Å². The molecule has 0 spiro atoms. The van der Waals surface area contributed by atoms with E-state index in [2.05, 4.69) is 48.9 Å². The minimum absolute atomic E-state index is 0. The molecule has 1 aromatic carbocycles. The minimum atomic E-state index is -0.227. The zero-order chi connectivity index (χ0) is 15.2. The summed E-state index contributed by atoms with van der Waals surface area (Å²) in [5, 5.41) is 13.7. The number of aromatic amines is 1. The van der Waals surface area contributed by atoms with Gasteiger partial charge in [-0.15, -0.1) is 12.4 Å². The Labute approximate surface area is 149 Å². The van der Waals surface area contributed by atoms with Gasteiger partial charge >= 0.3 is 0 Å². The lowest BCUT2D eigenvalue weighted by atomic mass is 10.0. The maximum atomic E-state index is 12.7. The van der Waals surface area contributed by atoms with E-state index in [0.717, 1.165) is 47.1 Å². The number of nitrogens with one attached hydrogen (secondary N) is 3. The van der Waals surface area contributed by atoms with E-state index < -0.39 is 0 Å². The second-order valence-electron chi connectivity index (χ2n) is 6.00. The first-order valence-corrected chi connectivity index (χ1v) is 8.33. The third kappa shape index (κ3) is 3.03. The topological polar surface area (TPSA) is 69.8 Å². The Balaban J connectivity index is 0.00000156. The van der Waals surface area contributed by atoms with E-state index in [1.807, 2.05) is 12.1 Å². The lowest BCUT2D eigenvalue weighted by molar-refractivity contribution is 0.0924. The van der Waals surface area contributed by atoms with Crippen molar-refractivity contribution in [3.8, 4) is 0 Å². The van der Waals surface area contributed by atoms with E-state index in [-0.39, 0.29) is 23.9 Å². The van der Waals surface area contributed by atoms with Gasteiger partial charge in [-0.2, -0.15) is 5.10 Å². The molecule has 2 aromatic rings. The molecule has 0 bridgehead atoms. The lowest BCUT2D eigenvalue weighted by Crippen LogP contribution is -2.36. The van der Waals surface area contributed by atoms with Crippen LogP contribution in [-0.2, 0) is 18.5 Å². The highest BCUT2D eigenvalue weighted by Gasteiger charge is 2.46. The van der Waals surface area contributed by atoms with E-state index in [4.69, 9.17) is 0 Å². The number of halogens is 2. The zero-order valence-corrected chi connectivity index (χ0v) is 14.9. The molecule has 0 saturated heterocycles. The molecule has 1 saturated carbocycles. The average molecular weight is 398 g/mol. The van der Waals surface area contributed by atoms with Crippen molar-refractivity contribution in [2.45, 2.75) is 31.3 Å². The van der Waals surface area contributed by atoms with Crippen molar-refractivity contribution in [3.63, 3.8) is 0 Å². The highest BCUT2D eigenvalue weighted by Crippen LogP contribution is 2.46. The number of fused-ring (bicyclic) bond motifs is 1. The van der Waals surface area contributed by atoms with Gasteiger partial charge in [-0.3, -0.25) is 9.89 Å². The van der Waals surface area contributed by atoms with E-state index >= 15 is 0 Å². The molecule has 1 amide bonds. The number of H-pyrrole nitrogens is 1. The van der Waals surface area contributed by atoms with Gasteiger partial charge in [0.05, 0.1) is 5.54 Å². The van der Waals surface area contributed by atoms with Gasteiger partial charge < -0.3 is 10.6 Å². The van der Waals surface area contributed by atoms with Crippen LogP contribution in [0.4, 0.5) is 0 Å². The molecule has 4 rings (SSSR count). The van der Waals surface area contributed by atoms with E-state index in [9.17, 15) is 4.79 Å². The van der Waals surface area contributed by atoms with Gasteiger partial charge in [-0.05, 0) is 30.5 Å². The minimum Gasteiger partial charge on any atom is -0.341 e. The number of aromatic nitrogens is 2. The Bertz CT molecular complexity index is 741. The lowest BCUT2D eigenvalue weighted by Gasteiger charge is -2.19. The second kappa shape index (κ2) is 6.26. The van der Waals surface area contributed by atoms with Crippen molar-refractivity contribution in [1.29, 1.82) is 0 Å². The molecule has 23 heavy (non-hydrogen) atoms. The van der Waals surface area contributed by atoms with Crippen LogP contribution in [0.15, 0.2) is 28.7 Å². The highest BCUT2D eigenvalue weighted by atomic mass is 79.9. The first-order chi connectivity index (χ1) is 10.7. The van der Waals surface area contributed by atoms with Crippen LogP contribution in [0, 0.1) is 0 Å². The maximum Gasteiger partial charge on any atom is 0.272 e. The van der Waals surface area contributed by atoms with Gasteiger partial charge in [-0.1, -0.05) is 28.1 Å². The average Bonchev–Trinajstić information content (AvgIpc) is 3.17. The van der Waals surface area contributed by atoms with Crippen LogP contribution in [-0.4, -0.2) is 22.6 Å². The smallest absolute Gasteiger partial charge is 0.272 e. The normalized spacial score (nSPS) is 17.8. The molecule has 1 aliphatic heterocycles. The summed E-state index contributed by atoms with van der Waals surface area (Å²) in [4.78, 5) is 12.7. The summed E-state index contributed by atoms with van der Waals surface area (Å²) in [6.45, 7) is 1.64. The quantitative estimate of drug-likeness (QED) is 0.746. The number of benzene rings is 1. The highest BCUT2D eigenvalue weighted by molar-refractivity contribution is 9.10. The predicted molar refractivity (Wildman–Crippen MR) is 93.8 cm³/mol. The Morgan fingerprint density at radius 3 is 2.91 bits per heavy atom. The molecule has 122 valence electrons. The van der Waals surface area contributed by atoms with Gasteiger partial charge in [-0.25, -0.2) is 0 Å². The summed E-state index contributed by atoms with van der Waals surface area (Å²) in [6, 6.07) is 8.15. The number of amides is 1. The summed E-state index contributed by atoms with van der Waals surface area (Å²) in [5.41, 5.74) is 3.54. The Morgan fingerprint density at radius 2 is 2.17 bits per heavy atom. The number of rotatable bonds is 3. The molecule has 5 nitrogen and oxygen atoms in total. The Morgan fingerprint density at radius 1 is 1.35 bits per heavy atom. The number of hydrogen-bond donors (Lipinski definition) is 3. The SMILES string of the molecule is Cl.O=C(NC1(c2cccc(Br)c2)CC1)c1n[nH]c2c1CNCC2. The molecule has 1 fully saturated rings. The molecule has 3 N–H and O–H groups in total. The number of carbonyl (C=O) groups is 1. The zero-order valence-electron chi connectivity index (χ0n) is 12.5. The summed E-state index contributed by atoms with van der Waals surface area (Å²) >= 11 is 3.50. The predicted octanol–water partition coefficient (Wildman–Crippen LogP) is 2.66. The largest absolute Gasteiger partial charge is 0.341 e. The van der Waals surface area contributed by atoms with Gasteiger partial charge in [0.1, 0.15) is 0 Å². The fourth-order valence-electron chi connectivity index (χ4n) is 3.09. The van der Waals surface area contributed by atoms with Crippen LogP contribution in [0.3, 0.4) is 0 Å². The molecular formula is C16H18BrClN4O. The summed E-state index contributed by atoms with van der Waals surface area (Å²) in [5.74, 6) is -0.0846. The van der Waals surface area contributed by atoms with Gasteiger partial charge in [0, 0.05) is 35.2 Å². The third-order valence-electron chi connectivity index (χ3n) is 4.50. The summed E-state index contributed by atoms with van der Waals surface area (Å²) in [7, 11) is 0.